The van der Waals surface area contributed by atoms with Crippen LogP contribution in [0.25, 0.3) is 0 Å². The van der Waals surface area contributed by atoms with Crippen LogP contribution in [0.3, 0.4) is 0 Å². The molecular weight excluding hydrogens is 129 g/mol. The first-order valence-electron chi connectivity index (χ1n) is 2.62. The van der Waals surface area contributed by atoms with Crippen LogP contribution in [-0.2, 0) is 4.79 Å². The number of likely N-dealkylation sites (N-methyl/N-ethyl adjacent to an activating group) is 1. The van der Waals surface area contributed by atoms with Gasteiger partial charge in [-0.25, -0.2) is 0 Å². The van der Waals surface area contributed by atoms with Crippen molar-refractivity contribution >= 4 is 35.5 Å². The van der Waals surface area contributed by atoms with Gasteiger partial charge in [-0.2, -0.15) is 0 Å². The summed E-state index contributed by atoms with van der Waals surface area (Å²) in [6.45, 7) is 1.83. The minimum absolute atomic E-state index is 0. The van der Waals surface area contributed by atoms with E-state index in [1.807, 2.05) is 6.92 Å². The monoisotopic (exact) mass is 141 g/mol. The Balaban J connectivity index is 0. The summed E-state index contributed by atoms with van der Waals surface area (Å²) < 4.78 is 0. The molecule has 1 unspecified atom stereocenters. The van der Waals surface area contributed by atoms with Crippen molar-refractivity contribution in [1.82, 2.24) is 5.32 Å². The second-order valence-corrected chi connectivity index (χ2v) is 1.59. The number of rotatable bonds is 3. The molecule has 0 aromatic rings. The summed E-state index contributed by atoms with van der Waals surface area (Å²) in [5, 5.41) is 11.0. The Morgan fingerprint density at radius 2 is 2.22 bits per heavy atom. The molecule has 0 aliphatic rings. The molecule has 0 rings (SSSR count). The zero-order valence-electron chi connectivity index (χ0n) is 5.14. The second-order valence-electron chi connectivity index (χ2n) is 1.59. The van der Waals surface area contributed by atoms with Gasteiger partial charge in [-0.05, 0) is 13.5 Å². The summed E-state index contributed by atoms with van der Waals surface area (Å²) in [7, 11) is 1.64. The van der Waals surface area contributed by atoms with Crippen LogP contribution < -0.4 is 5.32 Å². The van der Waals surface area contributed by atoms with Gasteiger partial charge in [0.1, 0.15) is 6.04 Å². The molecule has 3 nitrogen and oxygen atoms in total. The fraction of sp³-hybridized carbons (Fsp3) is 0.800. The average molecular weight is 141 g/mol. The van der Waals surface area contributed by atoms with E-state index in [-0.39, 0.29) is 35.6 Å². The number of nitrogens with one attached hydrogen (secondary N) is 1. The van der Waals surface area contributed by atoms with Crippen LogP contribution in [0.5, 0.6) is 0 Å². The molecule has 0 heterocycles. The van der Waals surface area contributed by atoms with E-state index in [1.165, 1.54) is 0 Å². The summed E-state index contributed by atoms with van der Waals surface area (Å²) in [5.41, 5.74) is 0. The number of aliphatic carboxylic acids is 1. The molecule has 1 atom stereocenters. The van der Waals surface area contributed by atoms with Crippen molar-refractivity contribution < 1.29 is 9.90 Å². The van der Waals surface area contributed by atoms with Crippen molar-refractivity contribution in [2.45, 2.75) is 19.4 Å². The third-order valence-electron chi connectivity index (χ3n) is 1.05. The Hall–Kier alpha value is 0.430. The minimum atomic E-state index is -0.782. The molecular formula is C5H12NNaO2. The van der Waals surface area contributed by atoms with Crippen molar-refractivity contribution in [2.75, 3.05) is 7.05 Å². The number of carboxylic acids is 1. The van der Waals surface area contributed by atoms with E-state index >= 15 is 0 Å². The van der Waals surface area contributed by atoms with Crippen LogP contribution in [0, 0.1) is 0 Å². The Morgan fingerprint density at radius 1 is 1.78 bits per heavy atom. The van der Waals surface area contributed by atoms with Gasteiger partial charge in [0.2, 0.25) is 0 Å². The van der Waals surface area contributed by atoms with Crippen LogP contribution in [0.1, 0.15) is 13.3 Å². The van der Waals surface area contributed by atoms with Crippen molar-refractivity contribution in [2.24, 2.45) is 0 Å². The van der Waals surface area contributed by atoms with Gasteiger partial charge in [-0.3, -0.25) is 4.79 Å². The van der Waals surface area contributed by atoms with E-state index in [2.05, 4.69) is 5.32 Å². The Bertz CT molecular complexity index is 83.0. The van der Waals surface area contributed by atoms with Gasteiger partial charge in [0.05, 0.1) is 0 Å². The molecule has 50 valence electrons. The van der Waals surface area contributed by atoms with Gasteiger partial charge >= 0.3 is 35.5 Å². The molecule has 0 amide bonds. The number of hydrogen-bond acceptors (Lipinski definition) is 2. The van der Waals surface area contributed by atoms with Crippen LogP contribution in [-0.4, -0.2) is 53.7 Å². The van der Waals surface area contributed by atoms with Gasteiger partial charge in [0.25, 0.3) is 0 Å². The molecule has 2 N–H and O–H groups in total. The summed E-state index contributed by atoms with van der Waals surface area (Å²) in [6, 6.07) is -0.380. The van der Waals surface area contributed by atoms with E-state index in [9.17, 15) is 4.79 Å². The van der Waals surface area contributed by atoms with E-state index in [0.717, 1.165) is 0 Å². The zero-order valence-corrected chi connectivity index (χ0v) is 5.14. The van der Waals surface area contributed by atoms with Gasteiger partial charge in [-0.1, -0.05) is 6.92 Å². The first-order chi connectivity index (χ1) is 3.72. The van der Waals surface area contributed by atoms with E-state index in [4.69, 9.17) is 5.11 Å². The molecule has 0 radical (unpaired) electrons. The second kappa shape index (κ2) is 6.55. The molecule has 0 spiro atoms. The fourth-order valence-corrected chi connectivity index (χ4v) is 0.502. The van der Waals surface area contributed by atoms with Crippen LogP contribution >= 0.6 is 0 Å². The molecule has 0 aliphatic heterocycles. The molecule has 0 saturated heterocycles. The first kappa shape index (κ1) is 12.1. The van der Waals surface area contributed by atoms with Crippen molar-refractivity contribution in [3.05, 3.63) is 0 Å². The summed E-state index contributed by atoms with van der Waals surface area (Å²) >= 11 is 0. The van der Waals surface area contributed by atoms with Gasteiger partial charge in [0.15, 0.2) is 0 Å². The molecule has 0 saturated carbocycles. The van der Waals surface area contributed by atoms with E-state index in [0.29, 0.717) is 6.42 Å². The predicted molar refractivity (Wildman–Crippen MR) is 37.9 cm³/mol. The Kier molecular flexibility index (Phi) is 8.83. The standard InChI is InChI=1S/C5H11NO2.Na.H/c1-3-4(6-2)5(7)8;;/h4,6H,3H2,1-2H3,(H,7,8);;. The van der Waals surface area contributed by atoms with Gasteiger partial charge in [-0.15, -0.1) is 0 Å². The molecule has 4 heteroatoms. The Morgan fingerprint density at radius 3 is 2.22 bits per heavy atom. The maximum atomic E-state index is 10.1. The molecule has 0 fully saturated rings. The predicted octanol–water partition coefficient (Wildman–Crippen LogP) is -0.580. The normalized spacial score (nSPS) is 11.8. The zero-order chi connectivity index (χ0) is 6.57. The number of hydrogen-bond donors (Lipinski definition) is 2. The summed E-state index contributed by atoms with van der Waals surface area (Å²) in [4.78, 5) is 10.1. The van der Waals surface area contributed by atoms with Crippen molar-refractivity contribution in [1.29, 1.82) is 0 Å². The average Bonchev–Trinajstić information content (AvgIpc) is 1.69. The van der Waals surface area contributed by atoms with Crippen LogP contribution in [0.4, 0.5) is 0 Å². The number of carboxylic acid groups (broad SMARTS) is 1. The van der Waals surface area contributed by atoms with Gasteiger partial charge < -0.3 is 10.4 Å². The first-order valence-corrected chi connectivity index (χ1v) is 2.62. The molecule has 0 bridgehead atoms. The third kappa shape index (κ3) is 4.90. The topological polar surface area (TPSA) is 49.3 Å². The van der Waals surface area contributed by atoms with Gasteiger partial charge in [0, 0.05) is 0 Å². The van der Waals surface area contributed by atoms with E-state index < -0.39 is 5.97 Å². The molecule has 0 aromatic heterocycles. The van der Waals surface area contributed by atoms with Crippen LogP contribution in [0.15, 0.2) is 0 Å². The fourth-order valence-electron chi connectivity index (χ4n) is 0.502. The quantitative estimate of drug-likeness (QED) is 0.517. The molecule has 9 heavy (non-hydrogen) atoms. The molecule has 0 aromatic carbocycles. The third-order valence-corrected chi connectivity index (χ3v) is 1.05. The Labute approximate surface area is 77.1 Å². The van der Waals surface area contributed by atoms with Crippen molar-refractivity contribution in [3.63, 3.8) is 0 Å². The summed E-state index contributed by atoms with van der Waals surface area (Å²) in [5.74, 6) is -0.782. The molecule has 0 aliphatic carbocycles. The summed E-state index contributed by atoms with van der Waals surface area (Å²) in [6.07, 6.45) is 0.631. The SMILES string of the molecule is CCC(NC)C(=O)O.[NaH]. The van der Waals surface area contributed by atoms with E-state index in [1.54, 1.807) is 7.05 Å². The number of carbonyl (C=O) groups is 1. The van der Waals surface area contributed by atoms with Crippen molar-refractivity contribution in [3.8, 4) is 0 Å². The van der Waals surface area contributed by atoms with Crippen LogP contribution in [0.2, 0.25) is 0 Å². The maximum absolute atomic E-state index is 10.1.